The zero-order valence-electron chi connectivity index (χ0n) is 13.3. The minimum absolute atomic E-state index is 0.479. The van der Waals surface area contributed by atoms with Gasteiger partial charge in [-0.15, -0.1) is 11.3 Å². The Kier molecular flexibility index (Phi) is 5.65. The average Bonchev–Trinajstić information content (AvgIpc) is 3.08. The fourth-order valence-electron chi connectivity index (χ4n) is 2.23. The van der Waals surface area contributed by atoms with Gasteiger partial charge in [-0.1, -0.05) is 6.07 Å². The Labute approximate surface area is 143 Å². The molecule has 7 nitrogen and oxygen atoms in total. The predicted octanol–water partition coefficient (Wildman–Crippen LogP) is 1.93. The Hall–Kier alpha value is -2.13. The zero-order valence-corrected chi connectivity index (χ0v) is 14.1. The number of hydrogen-bond acceptors (Lipinski definition) is 8. The number of methoxy groups -OCH3 is 1. The van der Waals surface area contributed by atoms with E-state index in [1.54, 1.807) is 19.5 Å². The summed E-state index contributed by atoms with van der Waals surface area (Å²) in [5, 5.41) is 18.5. The third-order valence-electron chi connectivity index (χ3n) is 3.41. The molecule has 0 aliphatic carbocycles. The summed E-state index contributed by atoms with van der Waals surface area (Å²) in [6.07, 6.45) is 2.65. The van der Waals surface area contributed by atoms with Gasteiger partial charge in [0.15, 0.2) is 0 Å². The molecule has 0 aromatic carbocycles. The summed E-state index contributed by atoms with van der Waals surface area (Å²) >= 11 is 1.51. The van der Waals surface area contributed by atoms with Gasteiger partial charge in [0, 0.05) is 32.6 Å². The number of rotatable bonds is 8. The van der Waals surface area contributed by atoms with Gasteiger partial charge in [-0.25, -0.2) is 9.97 Å². The molecule has 0 aliphatic heterocycles. The van der Waals surface area contributed by atoms with Crippen LogP contribution in [0.15, 0.2) is 36.0 Å². The summed E-state index contributed by atoms with van der Waals surface area (Å²) < 4.78 is 5.86. The highest BCUT2D eigenvalue weighted by molar-refractivity contribution is 7.17. The van der Waals surface area contributed by atoms with Crippen molar-refractivity contribution in [3.05, 3.63) is 47.2 Å². The first-order valence-electron chi connectivity index (χ1n) is 7.56. The van der Waals surface area contributed by atoms with Crippen LogP contribution in [0.5, 0.6) is 0 Å². The third kappa shape index (κ3) is 4.04. The van der Waals surface area contributed by atoms with E-state index in [-0.39, 0.29) is 0 Å². The second kappa shape index (κ2) is 8.11. The van der Waals surface area contributed by atoms with Crippen molar-refractivity contribution in [3.63, 3.8) is 0 Å². The van der Waals surface area contributed by atoms with Crippen LogP contribution < -0.4 is 10.6 Å². The van der Waals surface area contributed by atoms with E-state index < -0.39 is 6.23 Å². The molecule has 8 heteroatoms. The molecule has 0 amide bonds. The van der Waals surface area contributed by atoms with Crippen LogP contribution in [0.4, 0.5) is 5.95 Å². The SMILES string of the molecule is COCCNC(O)c1nc(NCc2cccnc2)nc2ccsc12. The number of pyridine rings is 1. The fraction of sp³-hybridized carbons (Fsp3) is 0.312. The first kappa shape index (κ1) is 16.7. The molecule has 0 spiro atoms. The number of anilines is 1. The van der Waals surface area contributed by atoms with E-state index in [9.17, 15) is 5.11 Å². The van der Waals surface area contributed by atoms with Crippen LogP contribution in [0.25, 0.3) is 10.2 Å². The molecular formula is C16H19N5O2S. The Bertz CT molecular complexity index is 780. The van der Waals surface area contributed by atoms with E-state index >= 15 is 0 Å². The summed E-state index contributed by atoms with van der Waals surface area (Å²) in [7, 11) is 1.62. The van der Waals surface area contributed by atoms with Crippen molar-refractivity contribution >= 4 is 27.5 Å². The topological polar surface area (TPSA) is 92.2 Å². The molecule has 0 saturated carbocycles. The van der Waals surface area contributed by atoms with E-state index in [2.05, 4.69) is 25.6 Å². The van der Waals surface area contributed by atoms with E-state index in [4.69, 9.17) is 4.74 Å². The largest absolute Gasteiger partial charge is 0.383 e. The molecule has 3 aromatic heterocycles. The van der Waals surface area contributed by atoms with Crippen LogP contribution in [-0.4, -0.2) is 40.3 Å². The van der Waals surface area contributed by atoms with Gasteiger partial charge in [0.1, 0.15) is 11.9 Å². The fourth-order valence-corrected chi connectivity index (χ4v) is 3.07. The van der Waals surface area contributed by atoms with E-state index in [1.165, 1.54) is 11.3 Å². The number of aromatic nitrogens is 3. The number of hydrogen-bond donors (Lipinski definition) is 3. The molecule has 24 heavy (non-hydrogen) atoms. The Morgan fingerprint density at radius 2 is 2.25 bits per heavy atom. The normalized spacial score (nSPS) is 12.4. The van der Waals surface area contributed by atoms with Crippen molar-refractivity contribution in [2.75, 3.05) is 25.6 Å². The lowest BCUT2D eigenvalue weighted by molar-refractivity contribution is 0.117. The van der Waals surface area contributed by atoms with Crippen LogP contribution in [-0.2, 0) is 11.3 Å². The minimum Gasteiger partial charge on any atom is -0.383 e. The van der Waals surface area contributed by atoms with E-state index in [0.717, 1.165) is 15.8 Å². The number of aliphatic hydroxyl groups excluding tert-OH is 1. The molecule has 0 aliphatic rings. The highest BCUT2D eigenvalue weighted by atomic mass is 32.1. The first-order valence-corrected chi connectivity index (χ1v) is 8.44. The molecule has 0 bridgehead atoms. The van der Waals surface area contributed by atoms with Gasteiger partial charge in [0.05, 0.1) is 16.8 Å². The number of aliphatic hydroxyl groups is 1. The zero-order chi connectivity index (χ0) is 16.8. The van der Waals surface area contributed by atoms with Crippen molar-refractivity contribution in [1.29, 1.82) is 0 Å². The number of ether oxygens (including phenoxy) is 1. The van der Waals surface area contributed by atoms with Crippen molar-refractivity contribution in [2.24, 2.45) is 0 Å². The van der Waals surface area contributed by atoms with Gasteiger partial charge in [-0.2, -0.15) is 0 Å². The van der Waals surface area contributed by atoms with Gasteiger partial charge in [0.25, 0.3) is 0 Å². The summed E-state index contributed by atoms with van der Waals surface area (Å²) in [5.74, 6) is 0.479. The van der Waals surface area contributed by atoms with Gasteiger partial charge in [0.2, 0.25) is 5.95 Å². The van der Waals surface area contributed by atoms with Crippen molar-refractivity contribution < 1.29 is 9.84 Å². The molecule has 3 heterocycles. The third-order valence-corrected chi connectivity index (χ3v) is 4.33. The summed E-state index contributed by atoms with van der Waals surface area (Å²) in [4.78, 5) is 13.1. The van der Waals surface area contributed by atoms with Crippen LogP contribution in [0.2, 0.25) is 0 Å². The number of nitrogens with zero attached hydrogens (tertiary/aromatic N) is 3. The van der Waals surface area contributed by atoms with Crippen LogP contribution in [0, 0.1) is 0 Å². The smallest absolute Gasteiger partial charge is 0.223 e. The molecule has 0 radical (unpaired) electrons. The molecule has 3 N–H and O–H groups in total. The number of nitrogens with one attached hydrogen (secondary N) is 2. The molecular weight excluding hydrogens is 326 g/mol. The maximum atomic E-state index is 10.4. The molecule has 0 fully saturated rings. The Balaban J connectivity index is 1.79. The molecule has 3 aromatic rings. The van der Waals surface area contributed by atoms with Gasteiger partial charge in [-0.3, -0.25) is 10.3 Å². The van der Waals surface area contributed by atoms with Crippen molar-refractivity contribution in [1.82, 2.24) is 20.3 Å². The van der Waals surface area contributed by atoms with Gasteiger partial charge >= 0.3 is 0 Å². The maximum Gasteiger partial charge on any atom is 0.223 e. The Morgan fingerprint density at radius 3 is 3.04 bits per heavy atom. The Morgan fingerprint density at radius 1 is 1.33 bits per heavy atom. The van der Waals surface area contributed by atoms with E-state index in [1.807, 2.05) is 23.6 Å². The standard InChI is InChI=1S/C16H19N5O2S/c1-23-7-6-18-15(22)13-14-12(4-8-24-14)20-16(21-13)19-10-11-3-2-5-17-9-11/h2-5,8-9,15,18,22H,6-7,10H2,1H3,(H,19,20,21). The van der Waals surface area contributed by atoms with Gasteiger partial charge in [-0.05, 0) is 23.1 Å². The molecule has 1 atom stereocenters. The van der Waals surface area contributed by atoms with Crippen LogP contribution in [0.1, 0.15) is 17.5 Å². The van der Waals surface area contributed by atoms with E-state index in [0.29, 0.717) is 31.3 Å². The summed E-state index contributed by atoms with van der Waals surface area (Å²) in [5.41, 5.74) is 2.41. The maximum absolute atomic E-state index is 10.4. The first-order chi connectivity index (χ1) is 11.8. The molecule has 126 valence electrons. The molecule has 0 saturated heterocycles. The lowest BCUT2D eigenvalue weighted by Crippen LogP contribution is -2.26. The summed E-state index contributed by atoms with van der Waals surface area (Å²) in [6.45, 7) is 1.62. The summed E-state index contributed by atoms with van der Waals surface area (Å²) in [6, 6.07) is 5.78. The number of thiophene rings is 1. The number of fused-ring (bicyclic) bond motifs is 1. The quantitative estimate of drug-likeness (QED) is 0.424. The average molecular weight is 345 g/mol. The van der Waals surface area contributed by atoms with Crippen molar-refractivity contribution in [3.8, 4) is 0 Å². The lowest BCUT2D eigenvalue weighted by Gasteiger charge is -2.14. The molecule has 3 rings (SSSR count). The lowest BCUT2D eigenvalue weighted by atomic mass is 10.3. The second-order valence-electron chi connectivity index (χ2n) is 5.13. The van der Waals surface area contributed by atoms with Crippen LogP contribution >= 0.6 is 11.3 Å². The highest BCUT2D eigenvalue weighted by Gasteiger charge is 2.16. The minimum atomic E-state index is -0.872. The molecule has 1 unspecified atom stereocenters. The van der Waals surface area contributed by atoms with Gasteiger partial charge < -0.3 is 15.2 Å². The second-order valence-corrected chi connectivity index (χ2v) is 6.05. The predicted molar refractivity (Wildman–Crippen MR) is 93.8 cm³/mol. The highest BCUT2D eigenvalue weighted by Crippen LogP contribution is 2.27. The van der Waals surface area contributed by atoms with Crippen LogP contribution in [0.3, 0.4) is 0 Å². The van der Waals surface area contributed by atoms with Crippen molar-refractivity contribution in [2.45, 2.75) is 12.8 Å². The monoisotopic (exact) mass is 345 g/mol.